The SMILES string of the molecule is CC(C)n1c(SCc2csc(-c3ccccc3)n2)nnc1-c1csc2ccccc12. The van der Waals surface area contributed by atoms with Gasteiger partial charge < -0.3 is 0 Å². The van der Waals surface area contributed by atoms with Crippen LogP contribution < -0.4 is 0 Å². The number of aromatic nitrogens is 4. The summed E-state index contributed by atoms with van der Waals surface area (Å²) >= 11 is 5.14. The van der Waals surface area contributed by atoms with Crippen LogP contribution in [0.5, 0.6) is 0 Å². The van der Waals surface area contributed by atoms with Crippen LogP contribution in [-0.4, -0.2) is 19.7 Å². The molecule has 3 heterocycles. The Kier molecular flexibility index (Phi) is 5.41. The Labute approximate surface area is 187 Å². The van der Waals surface area contributed by atoms with E-state index in [-0.39, 0.29) is 6.04 Å². The van der Waals surface area contributed by atoms with E-state index in [1.54, 1.807) is 34.4 Å². The highest BCUT2D eigenvalue weighted by Crippen LogP contribution is 2.36. The number of rotatable bonds is 6. The number of fused-ring (bicyclic) bond motifs is 1. The van der Waals surface area contributed by atoms with Crippen molar-refractivity contribution in [2.45, 2.75) is 30.8 Å². The van der Waals surface area contributed by atoms with Gasteiger partial charge in [0.05, 0.1) is 5.69 Å². The first-order chi connectivity index (χ1) is 14.7. The number of thioether (sulfide) groups is 1. The Bertz CT molecular complexity index is 1280. The normalized spacial score (nSPS) is 11.6. The van der Waals surface area contributed by atoms with Gasteiger partial charge in [-0.15, -0.1) is 32.9 Å². The summed E-state index contributed by atoms with van der Waals surface area (Å²) in [5.74, 6) is 1.71. The zero-order chi connectivity index (χ0) is 20.5. The first-order valence-corrected chi connectivity index (χ1v) is 12.5. The second-order valence-corrected chi connectivity index (χ2v) is 9.93. The summed E-state index contributed by atoms with van der Waals surface area (Å²) in [4.78, 5) is 4.81. The van der Waals surface area contributed by atoms with Crippen molar-refractivity contribution in [2.24, 2.45) is 0 Å². The summed E-state index contributed by atoms with van der Waals surface area (Å²) in [5, 5.41) is 16.7. The van der Waals surface area contributed by atoms with Gasteiger partial charge in [0.1, 0.15) is 5.01 Å². The standard InChI is InChI=1S/C23H20N4S3/c1-15(2)27-21(19-14-28-20-11-7-6-10-18(19)20)25-26-23(27)30-13-17-12-29-22(24-17)16-8-4-3-5-9-16/h3-12,14-15H,13H2,1-2H3. The van der Waals surface area contributed by atoms with E-state index < -0.39 is 0 Å². The van der Waals surface area contributed by atoms with Crippen molar-refractivity contribution >= 4 is 44.5 Å². The molecule has 0 atom stereocenters. The van der Waals surface area contributed by atoms with Crippen LogP contribution in [0.3, 0.4) is 0 Å². The Morgan fingerprint density at radius 3 is 2.57 bits per heavy atom. The van der Waals surface area contributed by atoms with Crippen LogP contribution in [0.2, 0.25) is 0 Å². The van der Waals surface area contributed by atoms with E-state index in [1.165, 1.54) is 10.1 Å². The minimum atomic E-state index is 0.270. The molecule has 0 saturated carbocycles. The first kappa shape index (κ1) is 19.5. The van der Waals surface area contributed by atoms with E-state index >= 15 is 0 Å². The molecule has 0 bridgehead atoms. The molecule has 0 amide bonds. The number of thiophene rings is 1. The van der Waals surface area contributed by atoms with Crippen LogP contribution in [-0.2, 0) is 5.75 Å². The summed E-state index contributed by atoms with van der Waals surface area (Å²) in [6.07, 6.45) is 0. The maximum Gasteiger partial charge on any atom is 0.192 e. The van der Waals surface area contributed by atoms with E-state index in [2.05, 4.69) is 75.8 Å². The maximum absolute atomic E-state index is 4.81. The molecule has 0 unspecified atom stereocenters. The highest BCUT2D eigenvalue weighted by atomic mass is 32.2. The van der Waals surface area contributed by atoms with Gasteiger partial charge in [-0.1, -0.05) is 60.3 Å². The van der Waals surface area contributed by atoms with Gasteiger partial charge >= 0.3 is 0 Å². The molecule has 30 heavy (non-hydrogen) atoms. The third-order valence-corrected chi connectivity index (χ3v) is 7.70. The lowest BCUT2D eigenvalue weighted by atomic mass is 10.1. The highest BCUT2D eigenvalue weighted by Gasteiger charge is 2.19. The van der Waals surface area contributed by atoms with Gasteiger partial charge in [-0.05, 0) is 19.9 Å². The Hall–Kier alpha value is -2.48. The fraction of sp³-hybridized carbons (Fsp3) is 0.174. The van der Waals surface area contributed by atoms with Crippen molar-refractivity contribution < 1.29 is 0 Å². The molecule has 3 aromatic heterocycles. The van der Waals surface area contributed by atoms with Crippen LogP contribution in [0.25, 0.3) is 32.0 Å². The van der Waals surface area contributed by atoms with E-state index in [0.717, 1.165) is 38.6 Å². The van der Waals surface area contributed by atoms with Gasteiger partial charge in [-0.2, -0.15) is 0 Å². The molecule has 5 rings (SSSR count). The van der Waals surface area contributed by atoms with E-state index in [1.807, 2.05) is 18.2 Å². The monoisotopic (exact) mass is 448 g/mol. The molecule has 0 spiro atoms. The van der Waals surface area contributed by atoms with Gasteiger partial charge in [-0.25, -0.2) is 4.98 Å². The minimum Gasteiger partial charge on any atom is -0.299 e. The molecule has 0 fully saturated rings. The molecule has 7 heteroatoms. The topological polar surface area (TPSA) is 43.6 Å². The molecule has 0 aliphatic heterocycles. The molecule has 2 aromatic carbocycles. The minimum absolute atomic E-state index is 0.270. The Balaban J connectivity index is 1.41. The lowest BCUT2D eigenvalue weighted by molar-refractivity contribution is 0.555. The number of hydrogen-bond donors (Lipinski definition) is 0. The molecule has 4 nitrogen and oxygen atoms in total. The zero-order valence-electron chi connectivity index (χ0n) is 16.6. The van der Waals surface area contributed by atoms with Crippen LogP contribution in [0, 0.1) is 0 Å². The van der Waals surface area contributed by atoms with Crippen molar-refractivity contribution in [2.75, 3.05) is 0 Å². The Morgan fingerprint density at radius 1 is 0.933 bits per heavy atom. The molecule has 0 N–H and O–H groups in total. The molecule has 0 saturated heterocycles. The molecule has 150 valence electrons. The fourth-order valence-corrected chi connectivity index (χ4v) is 6.23. The van der Waals surface area contributed by atoms with E-state index in [4.69, 9.17) is 4.98 Å². The largest absolute Gasteiger partial charge is 0.299 e. The molecular weight excluding hydrogens is 428 g/mol. The average Bonchev–Trinajstić information content (AvgIpc) is 3.50. The quantitative estimate of drug-likeness (QED) is 0.259. The number of benzene rings is 2. The third-order valence-electron chi connectivity index (χ3n) is 4.82. The number of hydrogen-bond acceptors (Lipinski definition) is 6. The predicted molar refractivity (Wildman–Crippen MR) is 128 cm³/mol. The summed E-state index contributed by atoms with van der Waals surface area (Å²) < 4.78 is 3.51. The lowest BCUT2D eigenvalue weighted by Crippen LogP contribution is -2.05. The second-order valence-electron chi connectivity index (χ2n) is 7.21. The van der Waals surface area contributed by atoms with Gasteiger partial charge in [0.25, 0.3) is 0 Å². The van der Waals surface area contributed by atoms with Crippen LogP contribution in [0.15, 0.2) is 70.5 Å². The van der Waals surface area contributed by atoms with Crippen LogP contribution >= 0.6 is 34.4 Å². The van der Waals surface area contributed by atoms with Gasteiger partial charge in [-0.3, -0.25) is 4.57 Å². The van der Waals surface area contributed by atoms with Gasteiger partial charge in [0, 0.05) is 43.8 Å². The smallest absolute Gasteiger partial charge is 0.192 e. The number of thiazole rings is 1. The summed E-state index contributed by atoms with van der Waals surface area (Å²) in [5.41, 5.74) is 3.39. The van der Waals surface area contributed by atoms with Crippen molar-refractivity contribution in [1.29, 1.82) is 0 Å². The summed E-state index contributed by atoms with van der Waals surface area (Å²) in [6, 6.07) is 19.1. The van der Waals surface area contributed by atoms with Crippen molar-refractivity contribution in [3.8, 4) is 22.0 Å². The van der Waals surface area contributed by atoms with Gasteiger partial charge in [0.15, 0.2) is 11.0 Å². The number of nitrogens with zero attached hydrogens (tertiary/aromatic N) is 4. The molecule has 0 aliphatic carbocycles. The summed E-state index contributed by atoms with van der Waals surface area (Å²) in [6.45, 7) is 4.36. The van der Waals surface area contributed by atoms with Crippen molar-refractivity contribution in [1.82, 2.24) is 19.7 Å². The first-order valence-electron chi connectivity index (χ1n) is 9.75. The lowest BCUT2D eigenvalue weighted by Gasteiger charge is -2.13. The molecule has 0 aliphatic rings. The van der Waals surface area contributed by atoms with Gasteiger partial charge in [0.2, 0.25) is 0 Å². The molecular formula is C23H20N4S3. The second kappa shape index (κ2) is 8.34. The predicted octanol–water partition coefficient (Wildman–Crippen LogP) is 7.16. The fourth-order valence-electron chi connectivity index (χ4n) is 3.40. The Morgan fingerprint density at radius 2 is 1.73 bits per heavy atom. The van der Waals surface area contributed by atoms with Crippen LogP contribution in [0.4, 0.5) is 0 Å². The summed E-state index contributed by atoms with van der Waals surface area (Å²) in [7, 11) is 0. The average molecular weight is 449 g/mol. The zero-order valence-corrected chi connectivity index (χ0v) is 19.1. The van der Waals surface area contributed by atoms with Crippen molar-refractivity contribution in [3.63, 3.8) is 0 Å². The highest BCUT2D eigenvalue weighted by molar-refractivity contribution is 7.98. The third kappa shape index (κ3) is 3.69. The molecule has 0 radical (unpaired) electrons. The van der Waals surface area contributed by atoms with Crippen molar-refractivity contribution in [3.05, 3.63) is 71.1 Å². The van der Waals surface area contributed by atoms with E-state index in [9.17, 15) is 0 Å². The maximum atomic E-state index is 4.81. The molecule has 5 aromatic rings. The van der Waals surface area contributed by atoms with Crippen LogP contribution in [0.1, 0.15) is 25.6 Å². The van der Waals surface area contributed by atoms with E-state index in [0.29, 0.717) is 0 Å².